The maximum Gasteiger partial charge on any atom is 0.269 e. The molecule has 1 N–H and O–H groups in total. The fourth-order valence-corrected chi connectivity index (χ4v) is 1.46. The molecule has 0 bridgehead atoms. The van der Waals surface area contributed by atoms with Gasteiger partial charge in [-0.25, -0.2) is 8.78 Å². The summed E-state index contributed by atoms with van der Waals surface area (Å²) in [5.41, 5.74) is -0.387. The molecule has 0 fully saturated rings. The third kappa shape index (κ3) is 3.08. The second kappa shape index (κ2) is 3.39. The van der Waals surface area contributed by atoms with Gasteiger partial charge in [-0.3, -0.25) is 4.55 Å². The van der Waals surface area contributed by atoms with Crippen LogP contribution in [0.15, 0.2) is 18.2 Å². The molecule has 0 spiro atoms. The highest BCUT2D eigenvalue weighted by Crippen LogP contribution is 2.12. The zero-order valence-corrected chi connectivity index (χ0v) is 7.18. The first-order valence-electron chi connectivity index (χ1n) is 3.27. The summed E-state index contributed by atoms with van der Waals surface area (Å²) in [7, 11) is -4.32. The standard InChI is InChI=1S/C7H6F2O3S/c8-6-1-2-7(9)5(3-6)4-13(10,11)12/h1-3H,4H2,(H,10,11,12). The average molecular weight is 208 g/mol. The van der Waals surface area contributed by atoms with Crippen LogP contribution in [0.4, 0.5) is 8.78 Å². The quantitative estimate of drug-likeness (QED) is 0.746. The topological polar surface area (TPSA) is 54.4 Å². The Hall–Kier alpha value is -1.01. The maximum absolute atomic E-state index is 12.8. The molecule has 0 heterocycles. The van der Waals surface area contributed by atoms with Crippen LogP contribution < -0.4 is 0 Å². The Morgan fingerprint density at radius 3 is 2.46 bits per heavy atom. The van der Waals surface area contributed by atoms with Crippen LogP contribution in [0.25, 0.3) is 0 Å². The molecule has 0 aliphatic heterocycles. The lowest BCUT2D eigenvalue weighted by Crippen LogP contribution is -2.03. The van der Waals surface area contributed by atoms with Crippen LogP contribution in [-0.4, -0.2) is 13.0 Å². The molecule has 0 aliphatic rings. The van der Waals surface area contributed by atoms with Crippen molar-refractivity contribution in [3.63, 3.8) is 0 Å². The van der Waals surface area contributed by atoms with E-state index >= 15 is 0 Å². The fraction of sp³-hybridized carbons (Fsp3) is 0.143. The first-order chi connectivity index (χ1) is 5.88. The molecular formula is C7H6F2O3S. The van der Waals surface area contributed by atoms with E-state index in [1.807, 2.05) is 0 Å². The minimum atomic E-state index is -4.32. The van der Waals surface area contributed by atoms with Crippen LogP contribution in [-0.2, 0) is 15.9 Å². The van der Waals surface area contributed by atoms with Gasteiger partial charge in [0.1, 0.15) is 17.4 Å². The number of hydrogen-bond donors (Lipinski definition) is 1. The molecule has 13 heavy (non-hydrogen) atoms. The Kier molecular flexibility index (Phi) is 2.63. The molecule has 1 rings (SSSR count). The van der Waals surface area contributed by atoms with E-state index in [9.17, 15) is 17.2 Å². The van der Waals surface area contributed by atoms with Gasteiger partial charge in [0.05, 0.1) is 0 Å². The number of hydrogen-bond acceptors (Lipinski definition) is 2. The predicted octanol–water partition coefficient (Wildman–Crippen LogP) is 1.35. The highest BCUT2D eigenvalue weighted by Gasteiger charge is 2.11. The number of benzene rings is 1. The summed E-state index contributed by atoms with van der Waals surface area (Å²) in [4.78, 5) is 0. The smallest absolute Gasteiger partial charge is 0.269 e. The second-order valence-electron chi connectivity index (χ2n) is 2.46. The van der Waals surface area contributed by atoms with Crippen LogP contribution in [0.1, 0.15) is 5.56 Å². The van der Waals surface area contributed by atoms with Crippen molar-refractivity contribution in [2.24, 2.45) is 0 Å². The zero-order chi connectivity index (χ0) is 10.1. The molecule has 0 amide bonds. The second-order valence-corrected chi connectivity index (χ2v) is 3.91. The Balaban J connectivity index is 3.08. The average Bonchev–Trinajstić information content (AvgIpc) is 1.94. The minimum Gasteiger partial charge on any atom is -0.285 e. The summed E-state index contributed by atoms with van der Waals surface area (Å²) in [6.07, 6.45) is 0. The number of rotatable bonds is 2. The van der Waals surface area contributed by atoms with Crippen LogP contribution in [0.3, 0.4) is 0 Å². The van der Waals surface area contributed by atoms with Crippen LogP contribution in [0.2, 0.25) is 0 Å². The fourth-order valence-electron chi connectivity index (χ4n) is 0.850. The van der Waals surface area contributed by atoms with E-state index in [-0.39, 0.29) is 5.56 Å². The van der Waals surface area contributed by atoms with E-state index in [0.717, 1.165) is 18.2 Å². The van der Waals surface area contributed by atoms with Crippen molar-refractivity contribution >= 4 is 10.1 Å². The van der Waals surface area contributed by atoms with E-state index < -0.39 is 27.5 Å². The Bertz CT molecular complexity index is 414. The van der Waals surface area contributed by atoms with Crippen molar-refractivity contribution in [3.05, 3.63) is 35.4 Å². The van der Waals surface area contributed by atoms with E-state index in [2.05, 4.69) is 0 Å². The minimum absolute atomic E-state index is 0.387. The van der Waals surface area contributed by atoms with Crippen LogP contribution in [0.5, 0.6) is 0 Å². The van der Waals surface area contributed by atoms with Crippen molar-refractivity contribution in [1.29, 1.82) is 0 Å². The summed E-state index contributed by atoms with van der Waals surface area (Å²) in [6.45, 7) is 0. The first kappa shape index (κ1) is 10.1. The predicted molar refractivity (Wildman–Crippen MR) is 41.6 cm³/mol. The lowest BCUT2D eigenvalue weighted by molar-refractivity contribution is 0.480. The van der Waals surface area contributed by atoms with E-state index in [1.54, 1.807) is 0 Å². The number of halogens is 2. The van der Waals surface area contributed by atoms with E-state index in [4.69, 9.17) is 4.55 Å². The molecule has 1 aromatic rings. The zero-order valence-electron chi connectivity index (χ0n) is 6.37. The summed E-state index contributed by atoms with van der Waals surface area (Å²) in [6, 6.07) is 2.39. The van der Waals surface area contributed by atoms with Gasteiger partial charge in [0, 0.05) is 5.56 Å². The summed E-state index contributed by atoms with van der Waals surface area (Å²) < 4.78 is 54.3. The molecule has 0 saturated carbocycles. The monoisotopic (exact) mass is 208 g/mol. The highest BCUT2D eigenvalue weighted by atomic mass is 32.2. The van der Waals surface area contributed by atoms with Crippen LogP contribution in [0, 0.1) is 11.6 Å². The molecule has 0 atom stereocenters. The maximum atomic E-state index is 12.8. The highest BCUT2D eigenvalue weighted by molar-refractivity contribution is 7.85. The summed E-state index contributed by atoms with van der Waals surface area (Å²) >= 11 is 0. The SMILES string of the molecule is O=S(=O)(O)Cc1cc(F)ccc1F. The molecule has 72 valence electrons. The van der Waals surface area contributed by atoms with Gasteiger partial charge in [-0.05, 0) is 18.2 Å². The molecule has 0 radical (unpaired) electrons. The first-order valence-corrected chi connectivity index (χ1v) is 4.88. The Labute approximate surface area is 73.8 Å². The van der Waals surface area contributed by atoms with Gasteiger partial charge < -0.3 is 0 Å². The molecule has 0 unspecified atom stereocenters. The molecule has 0 aliphatic carbocycles. The van der Waals surface area contributed by atoms with Gasteiger partial charge in [-0.1, -0.05) is 0 Å². The van der Waals surface area contributed by atoms with E-state index in [1.165, 1.54) is 0 Å². The Morgan fingerprint density at radius 1 is 1.31 bits per heavy atom. The van der Waals surface area contributed by atoms with Gasteiger partial charge in [-0.2, -0.15) is 8.42 Å². The largest absolute Gasteiger partial charge is 0.285 e. The van der Waals surface area contributed by atoms with Crippen molar-refractivity contribution in [3.8, 4) is 0 Å². The molecular weight excluding hydrogens is 202 g/mol. The summed E-state index contributed by atoms with van der Waals surface area (Å²) in [5.74, 6) is -2.53. The van der Waals surface area contributed by atoms with Gasteiger partial charge in [0.15, 0.2) is 0 Å². The van der Waals surface area contributed by atoms with Crippen molar-refractivity contribution in [1.82, 2.24) is 0 Å². The van der Waals surface area contributed by atoms with Gasteiger partial charge >= 0.3 is 0 Å². The van der Waals surface area contributed by atoms with Crippen LogP contribution >= 0.6 is 0 Å². The van der Waals surface area contributed by atoms with Crippen molar-refractivity contribution in [2.45, 2.75) is 5.75 Å². The molecule has 3 nitrogen and oxygen atoms in total. The molecule has 0 saturated heterocycles. The van der Waals surface area contributed by atoms with Gasteiger partial charge in [0.25, 0.3) is 10.1 Å². The molecule has 6 heteroatoms. The van der Waals surface area contributed by atoms with Crippen molar-refractivity contribution < 1.29 is 21.8 Å². The lowest BCUT2D eigenvalue weighted by Gasteiger charge is -1.99. The van der Waals surface area contributed by atoms with Crippen molar-refractivity contribution in [2.75, 3.05) is 0 Å². The summed E-state index contributed by atoms with van der Waals surface area (Å²) in [5, 5.41) is 0. The molecule has 0 aromatic heterocycles. The van der Waals surface area contributed by atoms with E-state index in [0.29, 0.717) is 0 Å². The molecule has 1 aromatic carbocycles. The lowest BCUT2D eigenvalue weighted by atomic mass is 10.2. The third-order valence-corrected chi connectivity index (χ3v) is 2.02. The van der Waals surface area contributed by atoms with Gasteiger partial charge in [-0.15, -0.1) is 0 Å². The third-order valence-electron chi connectivity index (χ3n) is 1.35. The van der Waals surface area contributed by atoms with Gasteiger partial charge in [0.2, 0.25) is 0 Å². The Morgan fingerprint density at radius 2 is 1.92 bits per heavy atom. The normalized spacial score (nSPS) is 11.6.